The third-order valence-electron chi connectivity index (χ3n) is 2.75. The van der Waals surface area contributed by atoms with E-state index < -0.39 is 0 Å². The van der Waals surface area contributed by atoms with Gasteiger partial charge in [-0.25, -0.2) is 15.0 Å². The number of pyridine rings is 1. The van der Waals surface area contributed by atoms with Crippen molar-refractivity contribution < 1.29 is 0 Å². The summed E-state index contributed by atoms with van der Waals surface area (Å²) in [6.07, 6.45) is 2.90. The molecule has 4 nitrogen and oxygen atoms in total. The number of para-hydroxylation sites is 1. The summed E-state index contributed by atoms with van der Waals surface area (Å²) < 4.78 is 0. The molecule has 0 fully saturated rings. The molecule has 3 aromatic rings. The fourth-order valence-corrected chi connectivity index (χ4v) is 2.10. The van der Waals surface area contributed by atoms with E-state index in [4.69, 9.17) is 11.6 Å². The topological polar surface area (TPSA) is 62.5 Å². The molecule has 0 saturated heterocycles. The third-order valence-corrected chi connectivity index (χ3v) is 3.03. The number of hydrogen-bond donors (Lipinski definition) is 0. The number of rotatable bonds is 1. The first-order valence-electron chi connectivity index (χ1n) is 5.55. The molecule has 19 heavy (non-hydrogen) atoms. The van der Waals surface area contributed by atoms with E-state index >= 15 is 0 Å². The van der Waals surface area contributed by atoms with E-state index in [0.29, 0.717) is 22.0 Å². The molecule has 0 spiro atoms. The maximum atomic E-state index is 9.23. The zero-order chi connectivity index (χ0) is 13.2. The molecular formula is C14H7ClN4. The van der Waals surface area contributed by atoms with Gasteiger partial charge >= 0.3 is 0 Å². The third kappa shape index (κ3) is 2.01. The lowest BCUT2D eigenvalue weighted by atomic mass is 10.1. The minimum absolute atomic E-state index is 0.305. The van der Waals surface area contributed by atoms with Crippen LogP contribution in [0.3, 0.4) is 0 Å². The Labute approximate surface area is 114 Å². The van der Waals surface area contributed by atoms with Crippen LogP contribution in [0.15, 0.2) is 42.9 Å². The average molecular weight is 267 g/mol. The molecule has 1 aromatic carbocycles. The predicted octanol–water partition coefficient (Wildman–Crippen LogP) is 3.22. The second kappa shape index (κ2) is 4.63. The van der Waals surface area contributed by atoms with E-state index in [9.17, 15) is 5.26 Å². The predicted molar refractivity (Wildman–Crippen MR) is 72.5 cm³/mol. The Morgan fingerprint density at radius 1 is 1.21 bits per heavy atom. The van der Waals surface area contributed by atoms with Gasteiger partial charge in [-0.3, -0.25) is 0 Å². The molecule has 0 aliphatic carbocycles. The van der Waals surface area contributed by atoms with Gasteiger partial charge in [0, 0.05) is 17.1 Å². The molecule has 2 aromatic heterocycles. The Morgan fingerprint density at radius 3 is 2.84 bits per heavy atom. The zero-order valence-electron chi connectivity index (χ0n) is 9.71. The molecule has 0 atom stereocenters. The molecule has 0 unspecified atom stereocenters. The van der Waals surface area contributed by atoms with Crippen molar-refractivity contribution in [2.24, 2.45) is 0 Å². The van der Waals surface area contributed by atoms with E-state index in [-0.39, 0.29) is 0 Å². The largest absolute Gasteiger partial charge is 0.243 e. The van der Waals surface area contributed by atoms with Gasteiger partial charge < -0.3 is 0 Å². The molecule has 0 saturated carbocycles. The standard InChI is InChI=1S/C14H7ClN4/c15-11-7-17-8-18-14(11)10-5-9-3-1-2-4-12(9)19-13(10)6-16/h1-5,7-8H. The van der Waals surface area contributed by atoms with E-state index in [1.165, 1.54) is 12.5 Å². The van der Waals surface area contributed by atoms with Gasteiger partial charge in [0.05, 0.1) is 16.2 Å². The van der Waals surface area contributed by atoms with E-state index in [1.54, 1.807) is 0 Å². The first-order chi connectivity index (χ1) is 9.29. The summed E-state index contributed by atoms with van der Waals surface area (Å²) >= 11 is 6.08. The van der Waals surface area contributed by atoms with Crippen molar-refractivity contribution in [3.05, 3.63) is 53.6 Å². The quantitative estimate of drug-likeness (QED) is 0.678. The first-order valence-corrected chi connectivity index (χ1v) is 5.93. The summed E-state index contributed by atoms with van der Waals surface area (Å²) in [6, 6.07) is 11.5. The summed E-state index contributed by atoms with van der Waals surface area (Å²) in [5.41, 5.74) is 2.22. The van der Waals surface area contributed by atoms with E-state index in [1.807, 2.05) is 30.3 Å². The van der Waals surface area contributed by atoms with Crippen molar-refractivity contribution >= 4 is 22.5 Å². The second-order valence-electron chi connectivity index (χ2n) is 3.91. The van der Waals surface area contributed by atoms with Crippen molar-refractivity contribution in [3.8, 4) is 17.3 Å². The highest BCUT2D eigenvalue weighted by Gasteiger charge is 2.12. The van der Waals surface area contributed by atoms with Gasteiger partial charge in [0.25, 0.3) is 0 Å². The van der Waals surface area contributed by atoms with Crippen LogP contribution < -0.4 is 0 Å². The molecule has 2 heterocycles. The lowest BCUT2D eigenvalue weighted by Crippen LogP contribution is -1.94. The lowest BCUT2D eigenvalue weighted by molar-refractivity contribution is 1.16. The highest BCUT2D eigenvalue weighted by Crippen LogP contribution is 2.29. The highest BCUT2D eigenvalue weighted by atomic mass is 35.5. The fraction of sp³-hybridized carbons (Fsp3) is 0. The van der Waals surface area contributed by atoms with Crippen LogP contribution >= 0.6 is 11.6 Å². The van der Waals surface area contributed by atoms with Gasteiger partial charge in [0.15, 0.2) is 5.69 Å². The lowest BCUT2D eigenvalue weighted by Gasteiger charge is -2.06. The van der Waals surface area contributed by atoms with Crippen LogP contribution in [0.4, 0.5) is 0 Å². The Morgan fingerprint density at radius 2 is 2.05 bits per heavy atom. The van der Waals surface area contributed by atoms with Crippen LogP contribution in [-0.4, -0.2) is 15.0 Å². The number of benzene rings is 1. The van der Waals surface area contributed by atoms with Crippen molar-refractivity contribution in [1.82, 2.24) is 15.0 Å². The van der Waals surface area contributed by atoms with Crippen LogP contribution in [-0.2, 0) is 0 Å². The second-order valence-corrected chi connectivity index (χ2v) is 4.32. The molecule has 0 bridgehead atoms. The molecule has 0 amide bonds. The SMILES string of the molecule is N#Cc1nc2ccccc2cc1-c1ncncc1Cl. The molecule has 3 rings (SSSR count). The van der Waals surface area contributed by atoms with E-state index in [0.717, 1.165) is 10.9 Å². The molecule has 90 valence electrons. The number of aromatic nitrogens is 3. The van der Waals surface area contributed by atoms with Crippen LogP contribution in [0.1, 0.15) is 5.69 Å². The summed E-state index contributed by atoms with van der Waals surface area (Å²) in [5.74, 6) is 0. The molecule has 5 heteroatoms. The highest BCUT2D eigenvalue weighted by molar-refractivity contribution is 6.33. The maximum absolute atomic E-state index is 9.23. The maximum Gasteiger partial charge on any atom is 0.150 e. The Hall–Kier alpha value is -2.51. The normalized spacial score (nSPS) is 10.3. The molecular weight excluding hydrogens is 260 g/mol. The summed E-state index contributed by atoms with van der Waals surface area (Å²) in [5, 5.41) is 10.6. The smallest absolute Gasteiger partial charge is 0.150 e. The van der Waals surface area contributed by atoms with Crippen molar-refractivity contribution in [1.29, 1.82) is 5.26 Å². The molecule has 0 N–H and O–H groups in total. The Kier molecular flexibility index (Phi) is 2.82. The Bertz CT molecular complexity index is 808. The van der Waals surface area contributed by atoms with Gasteiger partial charge in [-0.2, -0.15) is 5.26 Å². The first kappa shape index (κ1) is 11.6. The summed E-state index contributed by atoms with van der Waals surface area (Å²) in [6.45, 7) is 0. The number of hydrogen-bond acceptors (Lipinski definition) is 4. The number of nitriles is 1. The number of halogens is 1. The molecule has 0 aliphatic heterocycles. The van der Waals surface area contributed by atoms with Crippen LogP contribution in [0, 0.1) is 11.3 Å². The number of fused-ring (bicyclic) bond motifs is 1. The number of nitrogens with zero attached hydrogens (tertiary/aromatic N) is 4. The van der Waals surface area contributed by atoms with Crippen LogP contribution in [0.2, 0.25) is 5.02 Å². The van der Waals surface area contributed by atoms with Crippen LogP contribution in [0.5, 0.6) is 0 Å². The molecule has 0 radical (unpaired) electrons. The average Bonchev–Trinajstić information content (AvgIpc) is 2.46. The Balaban J connectivity index is 2.35. The van der Waals surface area contributed by atoms with Gasteiger partial charge in [-0.1, -0.05) is 29.8 Å². The van der Waals surface area contributed by atoms with Crippen molar-refractivity contribution in [2.75, 3.05) is 0 Å². The summed E-state index contributed by atoms with van der Waals surface area (Å²) in [4.78, 5) is 12.3. The van der Waals surface area contributed by atoms with Gasteiger partial charge in [0.1, 0.15) is 12.4 Å². The van der Waals surface area contributed by atoms with Crippen LogP contribution in [0.25, 0.3) is 22.2 Å². The van der Waals surface area contributed by atoms with Gasteiger partial charge in [-0.15, -0.1) is 0 Å². The molecule has 0 aliphatic rings. The van der Waals surface area contributed by atoms with Crippen molar-refractivity contribution in [3.63, 3.8) is 0 Å². The summed E-state index contributed by atoms with van der Waals surface area (Å²) in [7, 11) is 0. The van der Waals surface area contributed by atoms with E-state index in [2.05, 4.69) is 21.0 Å². The minimum Gasteiger partial charge on any atom is -0.243 e. The van der Waals surface area contributed by atoms with Crippen molar-refractivity contribution in [2.45, 2.75) is 0 Å². The minimum atomic E-state index is 0.305. The van der Waals surface area contributed by atoms with Gasteiger partial charge in [-0.05, 0) is 12.1 Å². The monoisotopic (exact) mass is 266 g/mol. The zero-order valence-corrected chi connectivity index (χ0v) is 10.5. The fourth-order valence-electron chi connectivity index (χ4n) is 1.89. The van der Waals surface area contributed by atoms with Gasteiger partial charge in [0.2, 0.25) is 0 Å².